The molecule has 1 saturated carbocycles. The fraction of sp³-hybridized carbons (Fsp3) is 0.933. The molecular weight excluding hydrogens is 240 g/mol. The van der Waals surface area contributed by atoms with Gasteiger partial charge >= 0.3 is 0 Å². The number of nitrogens with two attached hydrogens (primary N) is 1. The quantitative estimate of drug-likeness (QED) is 0.754. The zero-order valence-electron chi connectivity index (χ0n) is 11.8. The Balaban J connectivity index is 1.77. The molecule has 1 aliphatic carbocycles. The van der Waals surface area contributed by atoms with Crippen molar-refractivity contribution in [2.75, 3.05) is 0 Å². The number of hydrogen-bond donors (Lipinski definition) is 2. The lowest BCUT2D eigenvalue weighted by molar-refractivity contribution is -0.145. The van der Waals surface area contributed by atoms with Gasteiger partial charge in [-0.15, -0.1) is 0 Å². The standard InChI is InChI=1S/C15H26N2O2/c1-10-3-2-6-15(16,9-10)14(19)17-11-4-5-12(17)8-13(18)7-11/h10-13,18H,2-9,16H2,1H3. The molecule has 4 unspecified atom stereocenters. The van der Waals surface area contributed by atoms with E-state index in [2.05, 4.69) is 6.92 Å². The van der Waals surface area contributed by atoms with Gasteiger partial charge in [0.1, 0.15) is 0 Å². The molecule has 108 valence electrons. The van der Waals surface area contributed by atoms with Crippen LogP contribution in [0.5, 0.6) is 0 Å². The molecule has 3 N–H and O–H groups in total. The van der Waals surface area contributed by atoms with Crippen LogP contribution in [0.25, 0.3) is 0 Å². The van der Waals surface area contributed by atoms with Gasteiger partial charge in [0.25, 0.3) is 0 Å². The van der Waals surface area contributed by atoms with E-state index in [1.807, 2.05) is 4.90 Å². The smallest absolute Gasteiger partial charge is 0.243 e. The summed E-state index contributed by atoms with van der Waals surface area (Å²) in [6.07, 6.45) is 7.26. The minimum atomic E-state index is -0.638. The molecule has 4 atom stereocenters. The monoisotopic (exact) mass is 266 g/mol. The summed E-state index contributed by atoms with van der Waals surface area (Å²) < 4.78 is 0. The van der Waals surface area contributed by atoms with E-state index in [0.29, 0.717) is 5.92 Å². The van der Waals surface area contributed by atoms with Crippen LogP contribution in [0.15, 0.2) is 0 Å². The largest absolute Gasteiger partial charge is 0.393 e. The summed E-state index contributed by atoms with van der Waals surface area (Å²) in [4.78, 5) is 15.0. The van der Waals surface area contributed by atoms with Crippen LogP contribution >= 0.6 is 0 Å². The molecule has 3 rings (SSSR count). The van der Waals surface area contributed by atoms with E-state index < -0.39 is 5.54 Å². The molecule has 2 aliphatic heterocycles. The third-order valence-electron chi connectivity index (χ3n) is 5.40. The molecule has 4 heteroatoms. The number of piperidine rings is 1. The number of hydrogen-bond acceptors (Lipinski definition) is 3. The molecule has 19 heavy (non-hydrogen) atoms. The first-order chi connectivity index (χ1) is 8.99. The molecule has 0 aromatic carbocycles. The van der Waals surface area contributed by atoms with Crippen LogP contribution in [0.2, 0.25) is 0 Å². The number of aliphatic hydroxyl groups is 1. The van der Waals surface area contributed by atoms with Crippen molar-refractivity contribution in [1.29, 1.82) is 0 Å². The minimum Gasteiger partial charge on any atom is -0.393 e. The first-order valence-electron chi connectivity index (χ1n) is 7.79. The number of aliphatic hydroxyl groups excluding tert-OH is 1. The zero-order chi connectivity index (χ0) is 13.6. The first-order valence-corrected chi connectivity index (χ1v) is 7.79. The van der Waals surface area contributed by atoms with E-state index in [-0.39, 0.29) is 24.1 Å². The Bertz CT molecular complexity index is 359. The van der Waals surface area contributed by atoms with Gasteiger partial charge in [-0.25, -0.2) is 0 Å². The first kappa shape index (κ1) is 13.4. The van der Waals surface area contributed by atoms with Crippen molar-refractivity contribution in [2.24, 2.45) is 11.7 Å². The average Bonchev–Trinajstić information content (AvgIpc) is 2.60. The molecule has 3 aliphatic rings. The molecule has 1 amide bonds. The molecule has 2 saturated heterocycles. The molecular formula is C15H26N2O2. The summed E-state index contributed by atoms with van der Waals surface area (Å²) in [7, 11) is 0. The van der Waals surface area contributed by atoms with Crippen molar-refractivity contribution in [1.82, 2.24) is 4.90 Å². The van der Waals surface area contributed by atoms with Crippen molar-refractivity contribution in [3.05, 3.63) is 0 Å². The van der Waals surface area contributed by atoms with Crippen molar-refractivity contribution in [3.63, 3.8) is 0 Å². The van der Waals surface area contributed by atoms with Crippen molar-refractivity contribution < 1.29 is 9.90 Å². The average molecular weight is 266 g/mol. The van der Waals surface area contributed by atoms with E-state index >= 15 is 0 Å². The molecule has 0 aromatic rings. The topological polar surface area (TPSA) is 66.6 Å². The Hall–Kier alpha value is -0.610. The molecule has 3 fully saturated rings. The fourth-order valence-corrected chi connectivity index (χ4v) is 4.52. The van der Waals surface area contributed by atoms with Crippen LogP contribution in [0.1, 0.15) is 58.3 Å². The van der Waals surface area contributed by atoms with Crippen LogP contribution in [0.3, 0.4) is 0 Å². The molecule has 2 bridgehead atoms. The molecule has 2 heterocycles. The van der Waals surface area contributed by atoms with Crippen LogP contribution < -0.4 is 5.73 Å². The van der Waals surface area contributed by atoms with Crippen molar-refractivity contribution >= 4 is 5.91 Å². The second-order valence-electron chi connectivity index (χ2n) is 7.08. The lowest BCUT2D eigenvalue weighted by Crippen LogP contribution is -2.61. The van der Waals surface area contributed by atoms with Crippen LogP contribution in [0, 0.1) is 5.92 Å². The predicted octanol–water partition coefficient (Wildman–Crippen LogP) is 1.41. The Morgan fingerprint density at radius 3 is 2.47 bits per heavy atom. The van der Waals surface area contributed by atoms with E-state index in [1.54, 1.807) is 0 Å². The van der Waals surface area contributed by atoms with Crippen molar-refractivity contribution in [2.45, 2.75) is 82.0 Å². The normalized spacial score (nSPS) is 46.4. The molecule has 0 aromatic heterocycles. The highest BCUT2D eigenvalue weighted by molar-refractivity contribution is 5.87. The van der Waals surface area contributed by atoms with Gasteiger partial charge in [0.15, 0.2) is 0 Å². The van der Waals surface area contributed by atoms with E-state index in [1.165, 1.54) is 6.42 Å². The summed E-state index contributed by atoms with van der Waals surface area (Å²) in [6, 6.07) is 0.470. The Labute approximate surface area is 115 Å². The Morgan fingerprint density at radius 1 is 1.26 bits per heavy atom. The van der Waals surface area contributed by atoms with Crippen LogP contribution in [-0.2, 0) is 4.79 Å². The minimum absolute atomic E-state index is 0.165. The van der Waals surface area contributed by atoms with Gasteiger partial charge in [-0.05, 0) is 44.4 Å². The number of carbonyl (C=O) groups is 1. The summed E-state index contributed by atoms with van der Waals surface area (Å²) in [5, 5.41) is 9.84. The molecule has 0 spiro atoms. The number of amides is 1. The summed E-state index contributed by atoms with van der Waals surface area (Å²) >= 11 is 0. The van der Waals surface area contributed by atoms with Gasteiger partial charge < -0.3 is 15.7 Å². The number of rotatable bonds is 1. The maximum Gasteiger partial charge on any atom is 0.243 e. The predicted molar refractivity (Wildman–Crippen MR) is 73.4 cm³/mol. The fourth-order valence-electron chi connectivity index (χ4n) is 4.52. The lowest BCUT2D eigenvalue weighted by Gasteiger charge is -2.44. The highest BCUT2D eigenvalue weighted by Crippen LogP contribution is 2.40. The van der Waals surface area contributed by atoms with Crippen LogP contribution in [-0.4, -0.2) is 39.6 Å². The second-order valence-corrected chi connectivity index (χ2v) is 7.08. The summed E-state index contributed by atoms with van der Waals surface area (Å²) in [6.45, 7) is 2.20. The van der Waals surface area contributed by atoms with Gasteiger partial charge in [0, 0.05) is 12.1 Å². The Morgan fingerprint density at radius 2 is 1.89 bits per heavy atom. The van der Waals surface area contributed by atoms with E-state index in [0.717, 1.165) is 44.9 Å². The Kier molecular flexibility index (Phi) is 3.34. The summed E-state index contributed by atoms with van der Waals surface area (Å²) in [5.41, 5.74) is 5.82. The molecule has 4 nitrogen and oxygen atoms in total. The van der Waals surface area contributed by atoms with Gasteiger partial charge in [0.05, 0.1) is 11.6 Å². The van der Waals surface area contributed by atoms with Gasteiger partial charge in [-0.2, -0.15) is 0 Å². The number of nitrogens with zero attached hydrogens (tertiary/aromatic N) is 1. The maximum absolute atomic E-state index is 12.9. The highest BCUT2D eigenvalue weighted by Gasteiger charge is 2.49. The molecule has 0 radical (unpaired) electrons. The third-order valence-corrected chi connectivity index (χ3v) is 5.40. The van der Waals surface area contributed by atoms with Gasteiger partial charge in [0.2, 0.25) is 5.91 Å². The number of carbonyl (C=O) groups excluding carboxylic acids is 1. The van der Waals surface area contributed by atoms with E-state index in [4.69, 9.17) is 5.73 Å². The zero-order valence-corrected chi connectivity index (χ0v) is 11.8. The maximum atomic E-state index is 12.9. The highest BCUT2D eigenvalue weighted by atomic mass is 16.3. The van der Waals surface area contributed by atoms with Gasteiger partial charge in [-0.3, -0.25) is 4.79 Å². The summed E-state index contributed by atoms with van der Waals surface area (Å²) in [5.74, 6) is 0.717. The SMILES string of the molecule is CC1CCCC(N)(C(=O)N2C3CCC2CC(O)C3)C1. The lowest BCUT2D eigenvalue weighted by atomic mass is 9.75. The van der Waals surface area contributed by atoms with E-state index in [9.17, 15) is 9.90 Å². The van der Waals surface area contributed by atoms with Crippen molar-refractivity contribution in [3.8, 4) is 0 Å². The second kappa shape index (κ2) is 4.74. The van der Waals surface area contributed by atoms with Gasteiger partial charge in [-0.1, -0.05) is 19.8 Å². The number of fused-ring (bicyclic) bond motifs is 2. The van der Waals surface area contributed by atoms with Crippen LogP contribution in [0.4, 0.5) is 0 Å². The third kappa shape index (κ3) is 2.29.